The fraction of sp³-hybridized carbons (Fsp3) is 0.188. The van der Waals surface area contributed by atoms with Crippen molar-refractivity contribution >= 4 is 17.8 Å². The molecule has 0 bridgehead atoms. The van der Waals surface area contributed by atoms with Crippen molar-refractivity contribution in [1.29, 1.82) is 5.26 Å². The van der Waals surface area contributed by atoms with Crippen LogP contribution in [0.5, 0.6) is 0 Å². The monoisotopic (exact) mass is 325 g/mol. The standard InChI is InChI=1S/C16H12FN5O2/c17-13-8-19-16(20-9-13)22-5-4-21(10-14(22)23)15(24)12-3-1-2-11(6-12)7-18/h1-3,6,8-9H,4-5,10H2. The topological polar surface area (TPSA) is 90.2 Å². The van der Waals surface area contributed by atoms with Crippen molar-refractivity contribution in [3.05, 3.63) is 53.6 Å². The highest BCUT2D eigenvalue weighted by Gasteiger charge is 2.30. The number of amides is 2. The van der Waals surface area contributed by atoms with Gasteiger partial charge in [0.1, 0.15) is 6.54 Å². The molecule has 0 aliphatic carbocycles. The van der Waals surface area contributed by atoms with Crippen LogP contribution in [0.15, 0.2) is 36.7 Å². The van der Waals surface area contributed by atoms with E-state index in [2.05, 4.69) is 9.97 Å². The second kappa shape index (κ2) is 6.42. The van der Waals surface area contributed by atoms with Crippen molar-refractivity contribution in [2.24, 2.45) is 0 Å². The summed E-state index contributed by atoms with van der Waals surface area (Å²) in [6, 6.07) is 8.29. The molecule has 0 radical (unpaired) electrons. The van der Waals surface area contributed by atoms with Crippen LogP contribution in [-0.4, -0.2) is 46.3 Å². The van der Waals surface area contributed by atoms with Gasteiger partial charge in [0, 0.05) is 18.7 Å². The molecule has 120 valence electrons. The lowest BCUT2D eigenvalue weighted by molar-refractivity contribution is -0.120. The molecule has 0 saturated carbocycles. The average Bonchev–Trinajstić information content (AvgIpc) is 2.62. The Morgan fingerprint density at radius 1 is 1.25 bits per heavy atom. The molecule has 24 heavy (non-hydrogen) atoms. The van der Waals surface area contributed by atoms with Crippen molar-refractivity contribution in [3.63, 3.8) is 0 Å². The Labute approximate surface area is 137 Å². The van der Waals surface area contributed by atoms with E-state index < -0.39 is 5.82 Å². The molecule has 1 fully saturated rings. The van der Waals surface area contributed by atoms with Gasteiger partial charge in [0.25, 0.3) is 5.91 Å². The van der Waals surface area contributed by atoms with Gasteiger partial charge in [0.15, 0.2) is 5.82 Å². The van der Waals surface area contributed by atoms with E-state index in [4.69, 9.17) is 5.26 Å². The number of carbonyl (C=O) groups is 2. The van der Waals surface area contributed by atoms with E-state index in [-0.39, 0.29) is 30.9 Å². The van der Waals surface area contributed by atoms with Gasteiger partial charge in [-0.05, 0) is 18.2 Å². The van der Waals surface area contributed by atoms with Gasteiger partial charge in [-0.1, -0.05) is 6.07 Å². The number of anilines is 1. The van der Waals surface area contributed by atoms with Crippen LogP contribution in [0.1, 0.15) is 15.9 Å². The smallest absolute Gasteiger partial charge is 0.254 e. The molecule has 0 N–H and O–H groups in total. The Morgan fingerprint density at radius 2 is 2.00 bits per heavy atom. The Hall–Kier alpha value is -3.34. The third-order valence-electron chi connectivity index (χ3n) is 3.59. The van der Waals surface area contributed by atoms with Crippen LogP contribution in [0.3, 0.4) is 0 Å². The third kappa shape index (κ3) is 3.05. The number of halogens is 1. The molecule has 2 aromatic rings. The minimum atomic E-state index is -0.586. The van der Waals surface area contributed by atoms with Crippen LogP contribution < -0.4 is 4.90 Å². The first-order chi connectivity index (χ1) is 11.6. The molecule has 1 saturated heterocycles. The van der Waals surface area contributed by atoms with E-state index in [0.717, 1.165) is 12.4 Å². The normalized spacial score (nSPS) is 14.4. The largest absolute Gasteiger partial charge is 0.328 e. The second-order valence-corrected chi connectivity index (χ2v) is 5.17. The van der Waals surface area contributed by atoms with Gasteiger partial charge in [-0.25, -0.2) is 14.4 Å². The zero-order valence-corrected chi connectivity index (χ0v) is 12.5. The molecule has 8 heteroatoms. The summed E-state index contributed by atoms with van der Waals surface area (Å²) in [7, 11) is 0. The molecule has 7 nitrogen and oxygen atoms in total. The first-order valence-electron chi connectivity index (χ1n) is 7.16. The van der Waals surface area contributed by atoms with Crippen LogP contribution in [0.25, 0.3) is 0 Å². The number of aromatic nitrogens is 2. The van der Waals surface area contributed by atoms with Crippen molar-refractivity contribution < 1.29 is 14.0 Å². The van der Waals surface area contributed by atoms with E-state index in [1.807, 2.05) is 6.07 Å². The molecule has 0 unspecified atom stereocenters. The summed E-state index contributed by atoms with van der Waals surface area (Å²) in [5.74, 6) is -1.14. The first kappa shape index (κ1) is 15.6. The molecular weight excluding hydrogens is 313 g/mol. The number of benzene rings is 1. The lowest BCUT2D eigenvalue weighted by atomic mass is 10.1. The summed E-state index contributed by atoms with van der Waals surface area (Å²) in [6.07, 6.45) is 1.97. The molecule has 1 aromatic heterocycles. The molecule has 1 aromatic carbocycles. The van der Waals surface area contributed by atoms with Gasteiger partial charge in [0.05, 0.1) is 24.0 Å². The fourth-order valence-corrected chi connectivity index (χ4v) is 2.41. The van der Waals surface area contributed by atoms with Gasteiger partial charge >= 0.3 is 0 Å². The average molecular weight is 325 g/mol. The SMILES string of the molecule is N#Cc1cccc(C(=O)N2CCN(c3ncc(F)cn3)C(=O)C2)c1. The van der Waals surface area contributed by atoms with E-state index in [1.165, 1.54) is 15.9 Å². The Morgan fingerprint density at radius 3 is 2.67 bits per heavy atom. The maximum Gasteiger partial charge on any atom is 0.254 e. The zero-order chi connectivity index (χ0) is 17.1. The van der Waals surface area contributed by atoms with Gasteiger partial charge < -0.3 is 4.90 Å². The predicted molar refractivity (Wildman–Crippen MR) is 81.4 cm³/mol. The summed E-state index contributed by atoms with van der Waals surface area (Å²) in [4.78, 5) is 35.0. The van der Waals surface area contributed by atoms with E-state index in [1.54, 1.807) is 18.2 Å². The number of carbonyl (C=O) groups excluding carboxylic acids is 2. The number of hydrogen-bond donors (Lipinski definition) is 0. The first-order valence-corrected chi connectivity index (χ1v) is 7.16. The highest BCUT2D eigenvalue weighted by molar-refractivity contribution is 6.01. The van der Waals surface area contributed by atoms with Crippen LogP contribution in [0.2, 0.25) is 0 Å². The molecule has 0 atom stereocenters. The predicted octanol–water partition coefficient (Wildman–Crippen LogP) is 0.976. The Kier molecular flexibility index (Phi) is 4.16. The summed E-state index contributed by atoms with van der Waals surface area (Å²) in [6.45, 7) is 0.382. The van der Waals surface area contributed by atoms with Gasteiger partial charge in [0.2, 0.25) is 11.9 Å². The number of nitriles is 1. The van der Waals surface area contributed by atoms with Crippen LogP contribution >= 0.6 is 0 Å². The quantitative estimate of drug-likeness (QED) is 0.821. The maximum absolute atomic E-state index is 12.9. The molecule has 0 spiro atoms. The molecule has 3 rings (SSSR count). The Balaban J connectivity index is 1.73. The molecule has 1 aliphatic rings. The van der Waals surface area contributed by atoms with Gasteiger partial charge in [-0.15, -0.1) is 0 Å². The van der Waals surface area contributed by atoms with Gasteiger partial charge in [-0.2, -0.15) is 5.26 Å². The molecule has 2 amide bonds. The molecule has 1 aliphatic heterocycles. The molecule has 2 heterocycles. The van der Waals surface area contributed by atoms with Crippen molar-refractivity contribution in [3.8, 4) is 6.07 Å². The van der Waals surface area contributed by atoms with E-state index >= 15 is 0 Å². The van der Waals surface area contributed by atoms with Crippen molar-refractivity contribution in [2.45, 2.75) is 0 Å². The number of piperazine rings is 1. The third-order valence-corrected chi connectivity index (χ3v) is 3.59. The number of nitrogens with zero attached hydrogens (tertiary/aromatic N) is 5. The second-order valence-electron chi connectivity index (χ2n) is 5.17. The summed E-state index contributed by atoms with van der Waals surface area (Å²) >= 11 is 0. The van der Waals surface area contributed by atoms with Crippen LogP contribution in [0.4, 0.5) is 10.3 Å². The Bertz CT molecular complexity index is 831. The number of rotatable bonds is 2. The van der Waals surface area contributed by atoms with Crippen molar-refractivity contribution in [1.82, 2.24) is 14.9 Å². The highest BCUT2D eigenvalue weighted by Crippen LogP contribution is 2.15. The van der Waals surface area contributed by atoms with E-state index in [0.29, 0.717) is 17.7 Å². The minimum Gasteiger partial charge on any atom is -0.328 e. The maximum atomic E-state index is 12.9. The summed E-state index contributed by atoms with van der Waals surface area (Å²) < 4.78 is 12.9. The van der Waals surface area contributed by atoms with Crippen LogP contribution in [-0.2, 0) is 4.79 Å². The van der Waals surface area contributed by atoms with Crippen LogP contribution in [0, 0.1) is 17.1 Å². The molecular formula is C16H12FN5O2. The van der Waals surface area contributed by atoms with Crippen molar-refractivity contribution in [2.75, 3.05) is 24.5 Å². The summed E-state index contributed by atoms with van der Waals surface area (Å²) in [5.41, 5.74) is 0.735. The van der Waals surface area contributed by atoms with Gasteiger partial charge in [-0.3, -0.25) is 14.5 Å². The fourth-order valence-electron chi connectivity index (χ4n) is 2.41. The lowest BCUT2D eigenvalue weighted by Gasteiger charge is -2.33. The zero-order valence-electron chi connectivity index (χ0n) is 12.5. The number of hydrogen-bond acceptors (Lipinski definition) is 5. The van der Waals surface area contributed by atoms with E-state index in [9.17, 15) is 14.0 Å². The summed E-state index contributed by atoms with van der Waals surface area (Å²) in [5, 5.41) is 8.90. The highest BCUT2D eigenvalue weighted by atomic mass is 19.1. The lowest BCUT2D eigenvalue weighted by Crippen LogP contribution is -2.52. The minimum absolute atomic E-state index is 0.111.